The zero-order chi connectivity index (χ0) is 14.5. The van der Waals surface area contributed by atoms with Gasteiger partial charge in [0.05, 0.1) is 13.1 Å². The minimum atomic E-state index is -0.769. The van der Waals surface area contributed by atoms with Crippen LogP contribution in [0.1, 0.15) is 19.3 Å². The predicted molar refractivity (Wildman–Crippen MR) is 75.0 cm³/mol. The number of rotatable bonds is 5. The van der Waals surface area contributed by atoms with Crippen LogP contribution in [0.15, 0.2) is 16.6 Å². The average molecular weight is 351 g/mol. The first-order valence-electron chi connectivity index (χ1n) is 6.85. The lowest BCUT2D eigenvalue weighted by molar-refractivity contribution is -0.908. The Bertz CT molecular complexity index is 430. The van der Waals surface area contributed by atoms with Gasteiger partial charge in [-0.05, 0) is 31.4 Å². The molecule has 6 heteroatoms. The van der Waals surface area contributed by atoms with Crippen molar-refractivity contribution in [1.29, 1.82) is 0 Å². The minimum absolute atomic E-state index is 0.0982. The van der Waals surface area contributed by atoms with E-state index in [1.807, 2.05) is 0 Å². The number of aliphatic hydroxyl groups excluding tert-OH is 1. The van der Waals surface area contributed by atoms with Crippen molar-refractivity contribution >= 4 is 15.9 Å². The third-order valence-corrected chi connectivity index (χ3v) is 3.93. The molecule has 1 aliphatic heterocycles. The molecule has 0 saturated carbocycles. The van der Waals surface area contributed by atoms with E-state index < -0.39 is 23.5 Å². The second kappa shape index (κ2) is 7.33. The third-order valence-electron chi connectivity index (χ3n) is 3.47. The Morgan fingerprint density at radius 2 is 1.80 bits per heavy atom. The predicted octanol–water partition coefficient (Wildman–Crippen LogP) is 1.54. The first-order chi connectivity index (χ1) is 9.56. The van der Waals surface area contributed by atoms with Crippen molar-refractivity contribution in [1.82, 2.24) is 0 Å². The van der Waals surface area contributed by atoms with Gasteiger partial charge in [-0.1, -0.05) is 15.9 Å². The van der Waals surface area contributed by atoms with E-state index in [2.05, 4.69) is 15.9 Å². The zero-order valence-electron chi connectivity index (χ0n) is 11.2. The molecule has 20 heavy (non-hydrogen) atoms. The molecular weight excluding hydrogens is 332 g/mol. The van der Waals surface area contributed by atoms with Crippen molar-refractivity contribution in [3.63, 3.8) is 0 Å². The zero-order valence-corrected chi connectivity index (χ0v) is 12.8. The molecule has 0 radical (unpaired) electrons. The summed E-state index contributed by atoms with van der Waals surface area (Å²) in [6, 6.07) is 2.28. The number of likely N-dealkylation sites (tertiary alicyclic amines) is 1. The highest BCUT2D eigenvalue weighted by atomic mass is 79.9. The van der Waals surface area contributed by atoms with Crippen LogP contribution in [0.5, 0.6) is 5.75 Å². The summed E-state index contributed by atoms with van der Waals surface area (Å²) >= 11 is 3.00. The van der Waals surface area contributed by atoms with Gasteiger partial charge in [-0.25, -0.2) is 8.78 Å². The van der Waals surface area contributed by atoms with Gasteiger partial charge in [0.2, 0.25) is 0 Å². The molecule has 1 aliphatic rings. The highest BCUT2D eigenvalue weighted by Gasteiger charge is 2.20. The average Bonchev–Trinajstić information content (AvgIpc) is 2.38. The van der Waals surface area contributed by atoms with E-state index in [0.29, 0.717) is 11.0 Å². The van der Waals surface area contributed by atoms with Gasteiger partial charge in [0.25, 0.3) is 0 Å². The summed E-state index contributed by atoms with van der Waals surface area (Å²) in [5.41, 5.74) is 0. The summed E-state index contributed by atoms with van der Waals surface area (Å²) in [4.78, 5) is 1.32. The SMILES string of the molecule is OC(COc1c(F)cc(Br)cc1F)C[NH+]1CCCCC1. The van der Waals surface area contributed by atoms with E-state index >= 15 is 0 Å². The Kier molecular flexibility index (Phi) is 5.74. The first-order valence-corrected chi connectivity index (χ1v) is 7.64. The van der Waals surface area contributed by atoms with Gasteiger partial charge in [-0.3, -0.25) is 0 Å². The van der Waals surface area contributed by atoms with Crippen LogP contribution in [0.25, 0.3) is 0 Å². The van der Waals surface area contributed by atoms with Crippen LogP contribution in [0, 0.1) is 11.6 Å². The highest BCUT2D eigenvalue weighted by molar-refractivity contribution is 9.10. The fourth-order valence-electron chi connectivity index (χ4n) is 2.49. The molecule has 1 atom stereocenters. The topological polar surface area (TPSA) is 33.9 Å². The van der Waals surface area contributed by atoms with Gasteiger partial charge in [0.1, 0.15) is 19.3 Å². The molecule has 1 fully saturated rings. The van der Waals surface area contributed by atoms with E-state index in [0.717, 1.165) is 25.2 Å². The van der Waals surface area contributed by atoms with E-state index in [9.17, 15) is 13.9 Å². The molecule has 1 heterocycles. The number of ether oxygens (including phenoxy) is 1. The third kappa shape index (κ3) is 4.40. The van der Waals surface area contributed by atoms with Gasteiger partial charge in [-0.15, -0.1) is 0 Å². The summed E-state index contributed by atoms with van der Waals surface area (Å²) < 4.78 is 32.5. The van der Waals surface area contributed by atoms with E-state index in [1.165, 1.54) is 24.2 Å². The van der Waals surface area contributed by atoms with E-state index in [1.54, 1.807) is 0 Å². The van der Waals surface area contributed by atoms with Crippen molar-refractivity contribution in [3.05, 3.63) is 28.2 Å². The lowest BCUT2D eigenvalue weighted by Crippen LogP contribution is -3.14. The summed E-state index contributed by atoms with van der Waals surface area (Å²) in [6.07, 6.45) is 2.86. The van der Waals surface area contributed by atoms with E-state index in [4.69, 9.17) is 4.74 Å². The lowest BCUT2D eigenvalue weighted by Gasteiger charge is -2.25. The van der Waals surface area contributed by atoms with Crippen molar-refractivity contribution in [2.24, 2.45) is 0 Å². The lowest BCUT2D eigenvalue weighted by atomic mass is 10.1. The van der Waals surface area contributed by atoms with Crippen LogP contribution in [-0.4, -0.2) is 37.5 Å². The Morgan fingerprint density at radius 3 is 2.40 bits per heavy atom. The largest absolute Gasteiger partial charge is 0.485 e. The van der Waals surface area contributed by atoms with E-state index in [-0.39, 0.29) is 6.61 Å². The summed E-state index contributed by atoms with van der Waals surface area (Å²) in [5, 5.41) is 9.90. The van der Waals surface area contributed by atoms with Gasteiger partial charge in [0.15, 0.2) is 17.4 Å². The number of piperidine rings is 1. The molecule has 2 N–H and O–H groups in total. The molecule has 0 aliphatic carbocycles. The number of hydrogen-bond donors (Lipinski definition) is 2. The van der Waals surface area contributed by atoms with Crippen molar-refractivity contribution < 1.29 is 23.5 Å². The van der Waals surface area contributed by atoms with Crippen LogP contribution in [0.2, 0.25) is 0 Å². The quantitative estimate of drug-likeness (QED) is 0.844. The van der Waals surface area contributed by atoms with Crippen LogP contribution in [0.4, 0.5) is 8.78 Å². The second-order valence-corrected chi connectivity index (χ2v) is 6.09. The van der Waals surface area contributed by atoms with Crippen LogP contribution in [0.3, 0.4) is 0 Å². The number of aliphatic hydroxyl groups is 1. The maximum atomic E-state index is 13.5. The molecular formula is C14H19BrF2NO2+. The molecule has 0 bridgehead atoms. The molecule has 3 nitrogen and oxygen atoms in total. The maximum absolute atomic E-state index is 13.5. The van der Waals surface area contributed by atoms with Crippen molar-refractivity contribution in [3.8, 4) is 5.75 Å². The van der Waals surface area contributed by atoms with Gasteiger partial charge < -0.3 is 14.7 Å². The maximum Gasteiger partial charge on any atom is 0.190 e. The number of nitrogens with one attached hydrogen (secondary N) is 1. The fourth-order valence-corrected chi connectivity index (χ4v) is 2.90. The molecule has 0 aromatic heterocycles. The number of benzene rings is 1. The molecule has 112 valence electrons. The Balaban J connectivity index is 1.85. The Hall–Kier alpha value is -0.720. The number of hydrogen-bond acceptors (Lipinski definition) is 2. The normalized spacial score (nSPS) is 18.0. The van der Waals surface area contributed by atoms with Gasteiger partial charge in [0, 0.05) is 4.47 Å². The minimum Gasteiger partial charge on any atom is -0.485 e. The molecule has 0 amide bonds. The van der Waals surface area contributed by atoms with Crippen LogP contribution >= 0.6 is 15.9 Å². The molecule has 1 aromatic carbocycles. The summed E-state index contributed by atoms with van der Waals surface area (Å²) in [6.45, 7) is 2.54. The van der Waals surface area contributed by atoms with Gasteiger partial charge >= 0.3 is 0 Å². The van der Waals surface area contributed by atoms with Crippen molar-refractivity contribution in [2.45, 2.75) is 25.4 Å². The van der Waals surface area contributed by atoms with Crippen molar-refractivity contribution in [2.75, 3.05) is 26.2 Å². The standard InChI is InChI=1S/C14H18BrF2NO2/c15-10-6-12(16)14(13(17)7-10)20-9-11(19)8-18-4-2-1-3-5-18/h6-7,11,19H,1-5,8-9H2/p+1. The smallest absolute Gasteiger partial charge is 0.190 e. The monoisotopic (exact) mass is 350 g/mol. The summed E-state index contributed by atoms with van der Waals surface area (Å²) in [5.74, 6) is -1.97. The highest BCUT2D eigenvalue weighted by Crippen LogP contribution is 2.25. The summed E-state index contributed by atoms with van der Waals surface area (Å²) in [7, 11) is 0. The number of quaternary nitrogens is 1. The molecule has 1 unspecified atom stereocenters. The molecule has 1 saturated heterocycles. The second-order valence-electron chi connectivity index (χ2n) is 5.18. The van der Waals surface area contributed by atoms with Crippen LogP contribution in [-0.2, 0) is 0 Å². The Morgan fingerprint density at radius 1 is 1.20 bits per heavy atom. The van der Waals surface area contributed by atoms with Gasteiger partial charge in [-0.2, -0.15) is 0 Å². The Labute approximate surface area is 125 Å². The van der Waals surface area contributed by atoms with Crippen LogP contribution < -0.4 is 9.64 Å². The molecule has 0 spiro atoms. The fraction of sp³-hybridized carbons (Fsp3) is 0.571. The number of halogens is 3. The first kappa shape index (κ1) is 15.7. The molecule has 2 rings (SSSR count). The molecule has 1 aromatic rings.